The van der Waals surface area contributed by atoms with Gasteiger partial charge in [0, 0.05) is 39.5 Å². The van der Waals surface area contributed by atoms with Crippen molar-refractivity contribution >= 4 is 34.1 Å². The van der Waals surface area contributed by atoms with Crippen LogP contribution < -0.4 is 15.4 Å². The van der Waals surface area contributed by atoms with Gasteiger partial charge in [0.1, 0.15) is 5.75 Å². The molecule has 1 heterocycles. The predicted octanol–water partition coefficient (Wildman–Crippen LogP) is 7.00. The molecule has 36 heavy (non-hydrogen) atoms. The summed E-state index contributed by atoms with van der Waals surface area (Å²) in [5.41, 5.74) is 5.12. The highest BCUT2D eigenvalue weighted by atomic mass is 16.5. The first-order chi connectivity index (χ1) is 17.6. The van der Waals surface area contributed by atoms with Crippen LogP contribution in [0.2, 0.25) is 0 Å². The molecular formula is C30H31N3O3. The van der Waals surface area contributed by atoms with Crippen molar-refractivity contribution < 1.29 is 14.3 Å². The summed E-state index contributed by atoms with van der Waals surface area (Å²) in [6.07, 6.45) is 6.72. The van der Waals surface area contributed by atoms with E-state index in [4.69, 9.17) is 4.74 Å². The first-order valence-electron chi connectivity index (χ1n) is 12.6. The van der Waals surface area contributed by atoms with Crippen molar-refractivity contribution in [2.45, 2.75) is 38.5 Å². The van der Waals surface area contributed by atoms with E-state index in [2.05, 4.69) is 21.7 Å². The number of methoxy groups -OCH3 is 1. The van der Waals surface area contributed by atoms with Crippen LogP contribution in [0, 0.1) is 5.92 Å². The Bertz CT molecular complexity index is 1350. The zero-order valence-electron chi connectivity index (χ0n) is 20.5. The fourth-order valence-electron chi connectivity index (χ4n) is 4.83. The Balaban J connectivity index is 1.25. The molecule has 2 amide bonds. The highest BCUT2D eigenvalue weighted by Gasteiger charge is 2.20. The van der Waals surface area contributed by atoms with Crippen molar-refractivity contribution in [3.8, 4) is 17.0 Å². The third-order valence-corrected chi connectivity index (χ3v) is 6.92. The Morgan fingerprint density at radius 1 is 0.806 bits per heavy atom. The van der Waals surface area contributed by atoms with Gasteiger partial charge in [0.15, 0.2) is 0 Å². The number of H-pyrrole nitrogens is 1. The first-order valence-corrected chi connectivity index (χ1v) is 12.6. The van der Waals surface area contributed by atoms with Crippen LogP contribution in [0.3, 0.4) is 0 Å². The molecule has 6 heteroatoms. The lowest BCUT2D eigenvalue weighted by atomic mass is 9.99. The topological polar surface area (TPSA) is 83.2 Å². The number of nitrogens with one attached hydrogen (secondary N) is 3. The average molecular weight is 482 g/mol. The Hall–Kier alpha value is -4.06. The van der Waals surface area contributed by atoms with E-state index in [0.29, 0.717) is 11.3 Å². The molecule has 3 N–H and O–H groups in total. The van der Waals surface area contributed by atoms with E-state index in [0.717, 1.165) is 59.2 Å². The number of carbonyl (C=O) groups excluding carboxylic acids is 2. The second-order valence-corrected chi connectivity index (χ2v) is 9.42. The molecule has 0 atom stereocenters. The van der Waals surface area contributed by atoms with E-state index < -0.39 is 0 Å². The zero-order valence-corrected chi connectivity index (χ0v) is 20.5. The molecule has 0 aliphatic heterocycles. The molecule has 0 spiro atoms. The normalized spacial score (nSPS) is 14.2. The van der Waals surface area contributed by atoms with E-state index in [9.17, 15) is 9.59 Å². The zero-order chi connectivity index (χ0) is 24.9. The number of hydrogen-bond acceptors (Lipinski definition) is 3. The van der Waals surface area contributed by atoms with Gasteiger partial charge in [-0.3, -0.25) is 9.59 Å². The van der Waals surface area contributed by atoms with Crippen molar-refractivity contribution in [2.24, 2.45) is 5.92 Å². The number of aromatic amines is 1. The molecule has 0 radical (unpaired) electrons. The van der Waals surface area contributed by atoms with Gasteiger partial charge >= 0.3 is 0 Å². The summed E-state index contributed by atoms with van der Waals surface area (Å²) in [7, 11) is 1.60. The van der Waals surface area contributed by atoms with E-state index in [1.165, 1.54) is 12.8 Å². The minimum absolute atomic E-state index is 0.119. The summed E-state index contributed by atoms with van der Waals surface area (Å²) in [4.78, 5) is 28.7. The van der Waals surface area contributed by atoms with E-state index in [-0.39, 0.29) is 17.7 Å². The number of carbonyl (C=O) groups is 2. The maximum absolute atomic E-state index is 12.8. The number of fused-ring (bicyclic) bond motifs is 1. The third kappa shape index (κ3) is 5.43. The highest BCUT2D eigenvalue weighted by Crippen LogP contribution is 2.29. The van der Waals surface area contributed by atoms with Crippen LogP contribution in [-0.2, 0) is 4.79 Å². The van der Waals surface area contributed by atoms with Gasteiger partial charge in [-0.1, -0.05) is 37.8 Å². The molecule has 5 rings (SSSR count). The van der Waals surface area contributed by atoms with Crippen molar-refractivity contribution in [1.29, 1.82) is 0 Å². The molecule has 0 bridgehead atoms. The standard InChI is InChI=1S/C30H31N3O3/c1-36-26-15-10-22(11-16-26)30(35)31-24-12-8-20(9-13-24)28-19-23-18-25(14-17-27(23)33-28)32-29(34)21-6-4-2-3-5-7-21/h8-19,21,33H,2-7H2,1H3,(H,31,35)(H,32,34). The van der Waals surface area contributed by atoms with Gasteiger partial charge in [0.25, 0.3) is 5.91 Å². The Labute approximate surface area is 211 Å². The molecule has 3 aromatic carbocycles. The van der Waals surface area contributed by atoms with Gasteiger partial charge in [0.05, 0.1) is 7.11 Å². The Morgan fingerprint density at radius 2 is 1.50 bits per heavy atom. The minimum atomic E-state index is -0.172. The summed E-state index contributed by atoms with van der Waals surface area (Å²) in [5.74, 6) is 0.797. The lowest BCUT2D eigenvalue weighted by molar-refractivity contribution is -0.120. The molecule has 4 aromatic rings. The fraction of sp³-hybridized carbons (Fsp3) is 0.267. The molecule has 184 valence electrons. The van der Waals surface area contributed by atoms with Crippen LogP contribution in [0.1, 0.15) is 48.9 Å². The lowest BCUT2D eigenvalue weighted by Crippen LogP contribution is -2.22. The second kappa shape index (κ2) is 10.7. The van der Waals surface area contributed by atoms with Gasteiger partial charge in [-0.05, 0) is 79.1 Å². The van der Waals surface area contributed by atoms with E-state index in [1.807, 2.05) is 42.5 Å². The van der Waals surface area contributed by atoms with Crippen LogP contribution in [-0.4, -0.2) is 23.9 Å². The van der Waals surface area contributed by atoms with Crippen LogP contribution in [0.5, 0.6) is 5.75 Å². The summed E-state index contributed by atoms with van der Waals surface area (Å²) >= 11 is 0. The van der Waals surface area contributed by atoms with Gasteiger partial charge < -0.3 is 20.4 Å². The van der Waals surface area contributed by atoms with E-state index >= 15 is 0 Å². The fourth-order valence-corrected chi connectivity index (χ4v) is 4.83. The van der Waals surface area contributed by atoms with Crippen molar-refractivity contribution in [1.82, 2.24) is 4.98 Å². The molecule has 0 unspecified atom stereocenters. The summed E-state index contributed by atoms with van der Waals surface area (Å²) in [6, 6.07) is 22.8. The smallest absolute Gasteiger partial charge is 0.255 e. The number of aromatic nitrogens is 1. The molecule has 1 saturated carbocycles. The third-order valence-electron chi connectivity index (χ3n) is 6.92. The van der Waals surface area contributed by atoms with Crippen LogP contribution in [0.15, 0.2) is 72.8 Å². The predicted molar refractivity (Wildman–Crippen MR) is 145 cm³/mol. The van der Waals surface area contributed by atoms with Gasteiger partial charge in [-0.15, -0.1) is 0 Å². The van der Waals surface area contributed by atoms with Crippen molar-refractivity contribution in [2.75, 3.05) is 17.7 Å². The SMILES string of the molecule is COc1ccc(C(=O)Nc2ccc(-c3cc4cc(NC(=O)C5CCCCCC5)ccc4[nH]3)cc2)cc1. The maximum Gasteiger partial charge on any atom is 0.255 e. The van der Waals surface area contributed by atoms with Crippen LogP contribution in [0.4, 0.5) is 11.4 Å². The molecule has 1 aromatic heterocycles. The highest BCUT2D eigenvalue weighted by molar-refractivity contribution is 6.04. The first kappa shape index (κ1) is 23.7. The summed E-state index contributed by atoms with van der Waals surface area (Å²) in [6.45, 7) is 0. The minimum Gasteiger partial charge on any atom is -0.497 e. The number of benzene rings is 3. The lowest BCUT2D eigenvalue weighted by Gasteiger charge is -2.14. The summed E-state index contributed by atoms with van der Waals surface area (Å²) in [5, 5.41) is 7.10. The molecule has 6 nitrogen and oxygen atoms in total. The van der Waals surface area contributed by atoms with Crippen LogP contribution in [0.25, 0.3) is 22.2 Å². The van der Waals surface area contributed by atoms with Crippen molar-refractivity contribution in [3.05, 3.63) is 78.4 Å². The number of anilines is 2. The summed E-state index contributed by atoms with van der Waals surface area (Å²) < 4.78 is 5.14. The molecule has 0 saturated heterocycles. The quantitative estimate of drug-likeness (QED) is 0.259. The molecule has 1 aliphatic rings. The van der Waals surface area contributed by atoms with Crippen molar-refractivity contribution in [3.63, 3.8) is 0 Å². The largest absolute Gasteiger partial charge is 0.497 e. The Morgan fingerprint density at radius 3 is 2.19 bits per heavy atom. The molecule has 1 aliphatic carbocycles. The number of hydrogen-bond donors (Lipinski definition) is 3. The molecule has 1 fully saturated rings. The number of rotatable bonds is 6. The van der Waals surface area contributed by atoms with E-state index in [1.54, 1.807) is 31.4 Å². The number of ether oxygens (including phenoxy) is 1. The monoisotopic (exact) mass is 481 g/mol. The maximum atomic E-state index is 12.8. The van der Waals surface area contributed by atoms with Crippen LogP contribution >= 0.6 is 0 Å². The average Bonchev–Trinajstić information content (AvgIpc) is 3.13. The molecular weight excluding hydrogens is 450 g/mol. The van der Waals surface area contributed by atoms with Gasteiger partial charge in [0.2, 0.25) is 5.91 Å². The van der Waals surface area contributed by atoms with Gasteiger partial charge in [-0.2, -0.15) is 0 Å². The Kier molecular flexibility index (Phi) is 7.03. The number of amides is 2. The van der Waals surface area contributed by atoms with Gasteiger partial charge in [-0.25, -0.2) is 0 Å². The second-order valence-electron chi connectivity index (χ2n) is 9.42.